The fourth-order valence-corrected chi connectivity index (χ4v) is 4.09. The maximum absolute atomic E-state index is 12.3. The zero-order valence-corrected chi connectivity index (χ0v) is 14.8. The second kappa shape index (κ2) is 8.68. The molecule has 0 bridgehead atoms. The van der Waals surface area contributed by atoms with Crippen LogP contribution in [0, 0.1) is 11.8 Å². The molecule has 0 unspecified atom stereocenters. The number of carbonyl (C=O) groups is 2. The molecule has 0 saturated heterocycles. The molecule has 2 amide bonds. The molecule has 2 saturated carbocycles. The van der Waals surface area contributed by atoms with Crippen molar-refractivity contribution in [2.75, 3.05) is 0 Å². The second-order valence-corrected chi connectivity index (χ2v) is 7.61. The van der Waals surface area contributed by atoms with Gasteiger partial charge in [-0.05, 0) is 69.6 Å². The quantitative estimate of drug-likeness (QED) is 0.702. The molecule has 0 aromatic carbocycles. The third kappa shape index (κ3) is 6.88. The van der Waals surface area contributed by atoms with Gasteiger partial charge < -0.3 is 10.6 Å². The van der Waals surface area contributed by atoms with Crippen LogP contribution in [0.1, 0.15) is 57.8 Å². The van der Waals surface area contributed by atoms with E-state index in [1.807, 2.05) is 10.6 Å². The van der Waals surface area contributed by atoms with Gasteiger partial charge in [0.25, 0.3) is 0 Å². The summed E-state index contributed by atoms with van der Waals surface area (Å²) in [6.07, 6.45) is -3.91. The highest BCUT2D eigenvalue weighted by Gasteiger charge is 2.41. The zero-order chi connectivity index (χ0) is 20.2. The minimum absolute atomic E-state index is 0.357. The van der Waals surface area contributed by atoms with Crippen molar-refractivity contribution >= 4 is 11.8 Å². The first-order valence-electron chi connectivity index (χ1n) is 9.20. The first kappa shape index (κ1) is 21.8. The molecule has 2 aliphatic carbocycles. The third-order valence-corrected chi connectivity index (χ3v) is 5.55. The maximum Gasteiger partial charge on any atom is 0.471 e. The molecule has 0 aliphatic heterocycles. The lowest BCUT2D eigenvalue weighted by Gasteiger charge is -2.34. The number of rotatable bonds is 4. The average molecular weight is 402 g/mol. The van der Waals surface area contributed by atoms with Crippen LogP contribution in [0.2, 0.25) is 0 Å². The summed E-state index contributed by atoms with van der Waals surface area (Å²) in [7, 11) is 0. The molecule has 2 aliphatic rings. The molecule has 0 radical (unpaired) electrons. The van der Waals surface area contributed by atoms with Gasteiger partial charge >= 0.3 is 24.2 Å². The van der Waals surface area contributed by atoms with Crippen LogP contribution in [0.3, 0.4) is 0 Å². The van der Waals surface area contributed by atoms with Crippen molar-refractivity contribution < 1.29 is 35.9 Å². The largest absolute Gasteiger partial charge is 0.471 e. The normalized spacial score (nSPS) is 29.9. The molecule has 0 aromatic rings. The average Bonchev–Trinajstić information content (AvgIpc) is 2.56. The van der Waals surface area contributed by atoms with E-state index >= 15 is 0 Å². The van der Waals surface area contributed by atoms with Gasteiger partial charge in [0.2, 0.25) is 0 Å². The number of hydrogen-bond donors (Lipinski definition) is 2. The Kier molecular flexibility index (Phi) is 7.02. The van der Waals surface area contributed by atoms with Gasteiger partial charge in [0.15, 0.2) is 0 Å². The van der Waals surface area contributed by atoms with E-state index in [1.54, 1.807) is 0 Å². The van der Waals surface area contributed by atoms with Gasteiger partial charge in [-0.3, -0.25) is 9.59 Å². The highest BCUT2D eigenvalue weighted by Crippen LogP contribution is 2.35. The molecule has 0 atom stereocenters. The van der Waals surface area contributed by atoms with Crippen molar-refractivity contribution in [3.63, 3.8) is 0 Å². The minimum Gasteiger partial charge on any atom is -0.346 e. The molecule has 0 aromatic heterocycles. The SMILES string of the molecule is O=C(NC1CCC(CC2CCC(NC(=O)C(F)(F)F)CC2)CC1)C(F)(F)F. The third-order valence-electron chi connectivity index (χ3n) is 5.55. The van der Waals surface area contributed by atoms with Gasteiger partial charge in [0.05, 0.1) is 0 Å². The van der Waals surface area contributed by atoms with Crippen LogP contribution in [0.5, 0.6) is 0 Å². The Morgan fingerprint density at radius 2 is 0.926 bits per heavy atom. The Bertz CT molecular complexity index is 472. The lowest BCUT2D eigenvalue weighted by molar-refractivity contribution is -0.174. The van der Waals surface area contributed by atoms with Gasteiger partial charge in [0, 0.05) is 12.1 Å². The summed E-state index contributed by atoms with van der Waals surface area (Å²) in [4.78, 5) is 21.9. The topological polar surface area (TPSA) is 58.2 Å². The number of carbonyl (C=O) groups excluding carboxylic acids is 2. The van der Waals surface area contributed by atoms with E-state index in [0.717, 1.165) is 32.1 Å². The van der Waals surface area contributed by atoms with Crippen LogP contribution in [0.15, 0.2) is 0 Å². The summed E-state index contributed by atoms with van der Waals surface area (Å²) in [5.41, 5.74) is 0. The first-order valence-corrected chi connectivity index (χ1v) is 9.20. The van der Waals surface area contributed by atoms with Crippen molar-refractivity contribution in [1.29, 1.82) is 0 Å². The Morgan fingerprint density at radius 3 is 1.19 bits per heavy atom. The van der Waals surface area contributed by atoms with Gasteiger partial charge in [-0.25, -0.2) is 0 Å². The summed E-state index contributed by atoms with van der Waals surface area (Å²) in [5, 5.41) is 4.05. The van der Waals surface area contributed by atoms with Crippen LogP contribution in [-0.4, -0.2) is 36.3 Å². The fourth-order valence-electron chi connectivity index (χ4n) is 4.09. The Balaban J connectivity index is 1.66. The van der Waals surface area contributed by atoms with E-state index in [9.17, 15) is 35.9 Å². The van der Waals surface area contributed by atoms with E-state index in [2.05, 4.69) is 0 Å². The molecule has 0 heterocycles. The molecular formula is C17H24F6N2O2. The Hall–Kier alpha value is -1.48. The van der Waals surface area contributed by atoms with Crippen LogP contribution >= 0.6 is 0 Å². The van der Waals surface area contributed by atoms with Gasteiger partial charge in [0.1, 0.15) is 0 Å². The van der Waals surface area contributed by atoms with Crippen LogP contribution in [0.4, 0.5) is 26.3 Å². The number of halogens is 6. The maximum atomic E-state index is 12.3. The number of hydrogen-bond acceptors (Lipinski definition) is 2. The minimum atomic E-state index is -4.86. The predicted octanol–water partition coefficient (Wildman–Crippen LogP) is 3.85. The zero-order valence-electron chi connectivity index (χ0n) is 14.8. The van der Waals surface area contributed by atoms with E-state index in [4.69, 9.17) is 0 Å². The lowest BCUT2D eigenvalue weighted by Crippen LogP contribution is -2.45. The van der Waals surface area contributed by atoms with E-state index in [-0.39, 0.29) is 0 Å². The van der Waals surface area contributed by atoms with Gasteiger partial charge in [-0.1, -0.05) is 0 Å². The van der Waals surface area contributed by atoms with E-state index in [1.165, 1.54) is 0 Å². The van der Waals surface area contributed by atoms with Crippen LogP contribution in [-0.2, 0) is 9.59 Å². The molecule has 4 nitrogen and oxygen atoms in total. The van der Waals surface area contributed by atoms with Crippen LogP contribution < -0.4 is 10.6 Å². The highest BCUT2D eigenvalue weighted by atomic mass is 19.4. The number of alkyl halides is 6. The van der Waals surface area contributed by atoms with E-state index < -0.39 is 36.3 Å². The molecule has 0 spiro atoms. The van der Waals surface area contributed by atoms with Crippen LogP contribution in [0.25, 0.3) is 0 Å². The summed E-state index contributed by atoms with van der Waals surface area (Å²) < 4.78 is 73.6. The van der Waals surface area contributed by atoms with Crippen molar-refractivity contribution in [3.8, 4) is 0 Å². The Labute approximate surface area is 153 Å². The smallest absolute Gasteiger partial charge is 0.346 e. The Morgan fingerprint density at radius 1 is 0.630 bits per heavy atom. The second-order valence-electron chi connectivity index (χ2n) is 7.61. The van der Waals surface area contributed by atoms with Gasteiger partial charge in [-0.15, -0.1) is 0 Å². The van der Waals surface area contributed by atoms with Crippen molar-refractivity contribution in [2.24, 2.45) is 11.8 Å². The fraction of sp³-hybridized carbons (Fsp3) is 0.882. The summed E-state index contributed by atoms with van der Waals surface area (Å²) in [6.45, 7) is 0. The predicted molar refractivity (Wildman–Crippen MR) is 84.5 cm³/mol. The standard InChI is InChI=1S/C17H24F6N2O2/c18-16(19,20)14(26)24-12-5-1-10(2-6-12)9-11-3-7-13(8-4-11)25-15(27)17(21,22)23/h10-13H,1-9H2,(H,24,26)(H,25,27). The van der Waals surface area contributed by atoms with E-state index in [0.29, 0.717) is 37.5 Å². The summed E-state index contributed by atoms with van der Waals surface area (Å²) in [5.74, 6) is -3.08. The monoisotopic (exact) mass is 402 g/mol. The van der Waals surface area contributed by atoms with Crippen molar-refractivity contribution in [1.82, 2.24) is 10.6 Å². The lowest BCUT2D eigenvalue weighted by atomic mass is 9.75. The number of nitrogens with one attached hydrogen (secondary N) is 2. The molecule has 2 N–H and O–H groups in total. The molecule has 10 heteroatoms. The van der Waals surface area contributed by atoms with Gasteiger partial charge in [-0.2, -0.15) is 26.3 Å². The molecule has 156 valence electrons. The molecule has 2 fully saturated rings. The number of amides is 2. The van der Waals surface area contributed by atoms with Crippen molar-refractivity contribution in [3.05, 3.63) is 0 Å². The first-order chi connectivity index (χ1) is 12.4. The summed E-state index contributed by atoms with van der Waals surface area (Å²) in [6, 6.07) is -0.910. The van der Waals surface area contributed by atoms with Crippen molar-refractivity contribution in [2.45, 2.75) is 82.2 Å². The molecule has 27 heavy (non-hydrogen) atoms. The molecular weight excluding hydrogens is 378 g/mol. The molecule has 2 rings (SSSR count). The highest BCUT2D eigenvalue weighted by molar-refractivity contribution is 5.82. The summed E-state index contributed by atoms with van der Waals surface area (Å²) >= 11 is 0.